The van der Waals surface area contributed by atoms with Crippen LogP contribution in [0.4, 0.5) is 5.69 Å². The number of benzene rings is 3. The molecular formula is C24H14Br2N2O6. The van der Waals surface area contributed by atoms with Crippen LogP contribution in [0.3, 0.4) is 0 Å². The van der Waals surface area contributed by atoms with Gasteiger partial charge in [-0.2, -0.15) is 0 Å². The molecule has 0 saturated carbocycles. The Morgan fingerprint density at radius 3 is 2.44 bits per heavy atom. The highest BCUT2D eigenvalue weighted by atomic mass is 79.9. The van der Waals surface area contributed by atoms with Crippen molar-refractivity contribution in [3.8, 4) is 5.75 Å². The SMILES string of the molecule is O=C1OC(c2cccc([N+](=O)[O-])c2)=N/C1=C\c1cc(Br)c(OCC(=O)c2ccccc2)c(Br)c1. The molecule has 3 aromatic carbocycles. The summed E-state index contributed by atoms with van der Waals surface area (Å²) in [7, 11) is 0. The zero-order valence-electron chi connectivity index (χ0n) is 17.2. The van der Waals surface area contributed by atoms with Gasteiger partial charge in [0.15, 0.2) is 18.1 Å². The molecule has 0 bridgehead atoms. The second-order valence-corrected chi connectivity index (χ2v) is 8.74. The van der Waals surface area contributed by atoms with Crippen molar-refractivity contribution in [2.75, 3.05) is 6.61 Å². The van der Waals surface area contributed by atoms with Crippen LogP contribution in [0.2, 0.25) is 0 Å². The molecule has 1 heterocycles. The number of nitrogens with zero attached hydrogens (tertiary/aromatic N) is 2. The van der Waals surface area contributed by atoms with Crippen molar-refractivity contribution in [1.82, 2.24) is 0 Å². The number of Topliss-reactive ketones (excluding diaryl/α,β-unsaturated/α-hetero) is 1. The number of cyclic esters (lactones) is 1. The Bertz CT molecular complexity index is 1350. The lowest BCUT2D eigenvalue weighted by atomic mass is 10.1. The lowest BCUT2D eigenvalue weighted by molar-refractivity contribution is -0.384. The number of aliphatic imine (C=N–C) groups is 1. The third kappa shape index (κ3) is 5.29. The van der Waals surface area contributed by atoms with E-state index < -0.39 is 10.9 Å². The van der Waals surface area contributed by atoms with E-state index >= 15 is 0 Å². The zero-order valence-corrected chi connectivity index (χ0v) is 20.4. The first kappa shape index (κ1) is 23.5. The van der Waals surface area contributed by atoms with Crippen molar-refractivity contribution in [3.63, 3.8) is 0 Å². The molecule has 0 saturated heterocycles. The Balaban J connectivity index is 1.54. The highest BCUT2D eigenvalue weighted by molar-refractivity contribution is 9.11. The van der Waals surface area contributed by atoms with E-state index in [0.717, 1.165) is 0 Å². The van der Waals surface area contributed by atoms with Crippen molar-refractivity contribution < 1.29 is 24.0 Å². The summed E-state index contributed by atoms with van der Waals surface area (Å²) in [6.45, 7) is -0.148. The van der Waals surface area contributed by atoms with Gasteiger partial charge < -0.3 is 9.47 Å². The van der Waals surface area contributed by atoms with E-state index in [1.54, 1.807) is 42.5 Å². The number of carbonyl (C=O) groups excluding carboxylic acids is 2. The number of non-ortho nitro benzene ring substituents is 1. The summed E-state index contributed by atoms with van der Waals surface area (Å²) in [6.07, 6.45) is 1.51. The van der Waals surface area contributed by atoms with E-state index in [4.69, 9.17) is 9.47 Å². The number of ketones is 1. The van der Waals surface area contributed by atoms with Gasteiger partial charge in [-0.1, -0.05) is 36.4 Å². The number of hydrogen-bond acceptors (Lipinski definition) is 7. The lowest BCUT2D eigenvalue weighted by Gasteiger charge is -2.11. The third-order valence-corrected chi connectivity index (χ3v) is 5.87. The predicted molar refractivity (Wildman–Crippen MR) is 132 cm³/mol. The molecule has 170 valence electrons. The lowest BCUT2D eigenvalue weighted by Crippen LogP contribution is -2.12. The number of hydrogen-bond donors (Lipinski definition) is 0. The summed E-state index contributed by atoms with van der Waals surface area (Å²) >= 11 is 6.86. The first-order valence-corrected chi connectivity index (χ1v) is 11.4. The van der Waals surface area contributed by atoms with Crippen molar-refractivity contribution in [3.05, 3.63) is 108 Å². The van der Waals surface area contributed by atoms with Crippen LogP contribution in [-0.2, 0) is 9.53 Å². The van der Waals surface area contributed by atoms with Gasteiger partial charge in [0.25, 0.3) is 5.69 Å². The van der Waals surface area contributed by atoms with Gasteiger partial charge in [-0.15, -0.1) is 0 Å². The van der Waals surface area contributed by atoms with E-state index in [2.05, 4.69) is 36.9 Å². The Morgan fingerprint density at radius 2 is 1.76 bits per heavy atom. The monoisotopic (exact) mass is 584 g/mol. The molecular weight excluding hydrogens is 572 g/mol. The average molecular weight is 586 g/mol. The minimum atomic E-state index is -0.678. The standard InChI is InChI=1S/C24H14Br2N2O6/c25-18-9-14(10-19(26)22(18)33-13-21(29)15-5-2-1-3-6-15)11-20-24(30)34-23(27-20)16-7-4-8-17(12-16)28(31)32/h1-12H,13H2/b20-11-. The molecule has 8 nitrogen and oxygen atoms in total. The highest BCUT2D eigenvalue weighted by Crippen LogP contribution is 2.36. The van der Waals surface area contributed by atoms with E-state index in [1.807, 2.05) is 6.07 Å². The van der Waals surface area contributed by atoms with Gasteiger partial charge in [-0.25, -0.2) is 9.79 Å². The van der Waals surface area contributed by atoms with Crippen LogP contribution in [0.1, 0.15) is 21.5 Å². The summed E-state index contributed by atoms with van der Waals surface area (Å²) < 4.78 is 12.0. The molecule has 0 atom stereocenters. The summed E-state index contributed by atoms with van der Waals surface area (Å²) in [5, 5.41) is 11.0. The predicted octanol–water partition coefficient (Wildman–Crippen LogP) is 5.73. The number of nitro benzene ring substituents is 1. The van der Waals surface area contributed by atoms with E-state index in [9.17, 15) is 19.7 Å². The Labute approximate surface area is 210 Å². The fourth-order valence-corrected chi connectivity index (χ4v) is 4.54. The largest absolute Gasteiger partial charge is 0.483 e. The highest BCUT2D eigenvalue weighted by Gasteiger charge is 2.25. The number of rotatable bonds is 7. The number of nitro groups is 1. The zero-order chi connectivity index (χ0) is 24.2. The molecule has 0 amide bonds. The van der Waals surface area contributed by atoms with Crippen LogP contribution in [0, 0.1) is 10.1 Å². The van der Waals surface area contributed by atoms with Crippen LogP contribution in [-0.4, -0.2) is 29.2 Å². The summed E-state index contributed by atoms with van der Waals surface area (Å²) in [6, 6.07) is 17.9. The van der Waals surface area contributed by atoms with Crippen LogP contribution in [0.15, 0.2) is 86.4 Å². The molecule has 0 aliphatic carbocycles. The molecule has 0 aromatic heterocycles. The second-order valence-electron chi connectivity index (χ2n) is 7.04. The van der Waals surface area contributed by atoms with E-state index in [-0.39, 0.29) is 29.7 Å². The van der Waals surface area contributed by atoms with Crippen LogP contribution >= 0.6 is 31.9 Å². The minimum Gasteiger partial charge on any atom is -0.483 e. The molecule has 1 aliphatic rings. The second kappa shape index (κ2) is 10.1. The number of esters is 1. The Hall–Kier alpha value is -3.63. The maximum Gasteiger partial charge on any atom is 0.363 e. The van der Waals surface area contributed by atoms with Crippen molar-refractivity contribution >= 4 is 61.3 Å². The van der Waals surface area contributed by atoms with Gasteiger partial charge in [0.1, 0.15) is 5.75 Å². The summed E-state index contributed by atoms with van der Waals surface area (Å²) in [4.78, 5) is 39.3. The quantitative estimate of drug-likeness (QED) is 0.115. The molecule has 3 aromatic rings. The molecule has 34 heavy (non-hydrogen) atoms. The minimum absolute atomic E-state index is 0.0162. The van der Waals surface area contributed by atoms with Gasteiger partial charge in [-0.05, 0) is 61.7 Å². The van der Waals surface area contributed by atoms with Gasteiger partial charge >= 0.3 is 5.97 Å². The fourth-order valence-electron chi connectivity index (χ4n) is 3.09. The smallest absolute Gasteiger partial charge is 0.363 e. The van der Waals surface area contributed by atoms with Crippen molar-refractivity contribution in [1.29, 1.82) is 0 Å². The molecule has 10 heteroatoms. The van der Waals surface area contributed by atoms with Gasteiger partial charge in [0.05, 0.1) is 13.9 Å². The first-order valence-electron chi connectivity index (χ1n) is 9.79. The first-order chi connectivity index (χ1) is 16.3. The van der Waals surface area contributed by atoms with Gasteiger partial charge in [0.2, 0.25) is 5.90 Å². The van der Waals surface area contributed by atoms with Crippen molar-refractivity contribution in [2.24, 2.45) is 4.99 Å². The fraction of sp³-hybridized carbons (Fsp3) is 0.0417. The topological polar surface area (TPSA) is 108 Å². The molecule has 4 rings (SSSR count). The number of halogens is 2. The normalized spacial score (nSPS) is 14.0. The van der Waals surface area contributed by atoms with Gasteiger partial charge in [-0.3, -0.25) is 14.9 Å². The molecule has 0 N–H and O–H groups in total. The van der Waals surface area contributed by atoms with Crippen LogP contribution < -0.4 is 4.74 Å². The number of carbonyl (C=O) groups is 2. The molecule has 0 spiro atoms. The van der Waals surface area contributed by atoms with E-state index in [0.29, 0.717) is 31.4 Å². The molecule has 0 unspecified atom stereocenters. The van der Waals surface area contributed by atoms with Crippen molar-refractivity contribution in [2.45, 2.75) is 0 Å². The summed E-state index contributed by atoms with van der Waals surface area (Å²) in [5.41, 5.74) is 1.38. The maximum absolute atomic E-state index is 12.3. The Kier molecular flexibility index (Phi) is 6.99. The van der Waals surface area contributed by atoms with Crippen LogP contribution in [0.25, 0.3) is 6.08 Å². The maximum atomic E-state index is 12.3. The summed E-state index contributed by atoms with van der Waals surface area (Å²) in [5.74, 6) is -0.427. The molecule has 0 radical (unpaired) electrons. The third-order valence-electron chi connectivity index (χ3n) is 4.69. The molecule has 0 fully saturated rings. The Morgan fingerprint density at radius 1 is 1.06 bits per heavy atom. The number of ether oxygens (including phenoxy) is 2. The van der Waals surface area contributed by atoms with E-state index in [1.165, 1.54) is 24.3 Å². The van der Waals surface area contributed by atoms with Crippen LogP contribution in [0.5, 0.6) is 5.75 Å². The van der Waals surface area contributed by atoms with Gasteiger partial charge in [0, 0.05) is 23.3 Å². The molecule has 1 aliphatic heterocycles. The average Bonchev–Trinajstić information content (AvgIpc) is 3.19.